The van der Waals surface area contributed by atoms with Crippen LogP contribution in [0.5, 0.6) is 0 Å². The normalized spacial score (nSPS) is 23.6. The maximum atomic E-state index is 12.9. The molecule has 4 nitrogen and oxygen atoms in total. The van der Waals surface area contributed by atoms with Crippen LogP contribution in [0.1, 0.15) is 46.5 Å². The number of nitrogens with one attached hydrogen (secondary N) is 1. The van der Waals surface area contributed by atoms with Crippen LogP contribution in [0.2, 0.25) is 0 Å². The Labute approximate surface area is 117 Å². The average molecular weight is 270 g/mol. The van der Waals surface area contributed by atoms with Gasteiger partial charge in [-0.25, -0.2) is 0 Å². The van der Waals surface area contributed by atoms with E-state index in [0.29, 0.717) is 25.1 Å². The van der Waals surface area contributed by atoms with E-state index < -0.39 is 0 Å². The molecular formula is C15H30N2O2. The summed E-state index contributed by atoms with van der Waals surface area (Å²) in [6.45, 7) is 9.57. The van der Waals surface area contributed by atoms with Gasteiger partial charge in [-0.3, -0.25) is 4.79 Å². The second-order valence-electron chi connectivity index (χ2n) is 5.80. The molecule has 1 aliphatic heterocycles. The molecule has 0 aromatic carbocycles. The Morgan fingerprint density at radius 1 is 1.42 bits per heavy atom. The first-order valence-electron chi connectivity index (χ1n) is 7.59. The third kappa shape index (κ3) is 4.18. The highest BCUT2D eigenvalue weighted by molar-refractivity contribution is 5.83. The number of piperidine rings is 1. The lowest BCUT2D eigenvalue weighted by Crippen LogP contribution is -2.53. The van der Waals surface area contributed by atoms with Crippen LogP contribution in [0, 0.1) is 5.41 Å². The molecule has 0 bridgehead atoms. The van der Waals surface area contributed by atoms with Crippen molar-refractivity contribution in [1.82, 2.24) is 10.2 Å². The standard InChI is InChI=1S/C15H30N2O2/c1-5-13(6-2)17(10-11-19-4)14(18)15(3)8-7-9-16-12-15/h13,16H,5-12H2,1-4H3. The molecule has 4 heteroatoms. The van der Waals surface area contributed by atoms with E-state index in [-0.39, 0.29) is 5.41 Å². The van der Waals surface area contributed by atoms with Gasteiger partial charge in [0.25, 0.3) is 0 Å². The molecular weight excluding hydrogens is 240 g/mol. The van der Waals surface area contributed by atoms with Gasteiger partial charge in [0.15, 0.2) is 0 Å². The number of methoxy groups -OCH3 is 1. The summed E-state index contributed by atoms with van der Waals surface area (Å²) < 4.78 is 5.17. The molecule has 1 unspecified atom stereocenters. The van der Waals surface area contributed by atoms with Crippen LogP contribution in [-0.2, 0) is 9.53 Å². The molecule has 0 saturated carbocycles. The summed E-state index contributed by atoms with van der Waals surface area (Å²) in [4.78, 5) is 15.0. The molecule has 0 spiro atoms. The zero-order chi connectivity index (χ0) is 14.3. The highest BCUT2D eigenvalue weighted by Crippen LogP contribution is 2.29. The summed E-state index contributed by atoms with van der Waals surface area (Å²) >= 11 is 0. The highest BCUT2D eigenvalue weighted by Gasteiger charge is 2.39. The first kappa shape index (κ1) is 16.4. The summed E-state index contributed by atoms with van der Waals surface area (Å²) in [5.41, 5.74) is -0.241. The SMILES string of the molecule is CCC(CC)N(CCOC)C(=O)C1(C)CCCNC1. The molecule has 1 rings (SSSR count). The summed E-state index contributed by atoms with van der Waals surface area (Å²) in [7, 11) is 1.69. The van der Waals surface area contributed by atoms with Crippen molar-refractivity contribution in [2.24, 2.45) is 5.41 Å². The second kappa shape index (κ2) is 7.85. The van der Waals surface area contributed by atoms with E-state index in [1.54, 1.807) is 7.11 Å². The summed E-state index contributed by atoms with van der Waals surface area (Å²) in [6.07, 6.45) is 4.09. The van der Waals surface area contributed by atoms with E-state index >= 15 is 0 Å². The molecule has 1 amide bonds. The first-order valence-corrected chi connectivity index (χ1v) is 7.59. The molecule has 19 heavy (non-hydrogen) atoms. The zero-order valence-corrected chi connectivity index (χ0v) is 13.0. The van der Waals surface area contributed by atoms with Gasteiger partial charge in [-0.15, -0.1) is 0 Å². The molecule has 1 atom stereocenters. The van der Waals surface area contributed by atoms with E-state index in [4.69, 9.17) is 4.74 Å². The molecule has 0 aromatic rings. The summed E-state index contributed by atoms with van der Waals surface area (Å²) in [5, 5.41) is 3.36. The van der Waals surface area contributed by atoms with E-state index in [0.717, 1.165) is 38.8 Å². The molecule has 1 aliphatic rings. The van der Waals surface area contributed by atoms with Crippen LogP contribution in [0.25, 0.3) is 0 Å². The van der Waals surface area contributed by atoms with Crippen molar-refractivity contribution < 1.29 is 9.53 Å². The van der Waals surface area contributed by atoms with Crippen LogP contribution in [0.4, 0.5) is 0 Å². The van der Waals surface area contributed by atoms with E-state index in [9.17, 15) is 4.79 Å². The quantitative estimate of drug-likeness (QED) is 0.770. The lowest BCUT2D eigenvalue weighted by Gasteiger charge is -2.40. The minimum absolute atomic E-state index is 0.241. The van der Waals surface area contributed by atoms with Crippen LogP contribution in [-0.4, -0.2) is 50.2 Å². The Morgan fingerprint density at radius 2 is 2.11 bits per heavy atom. The summed E-state index contributed by atoms with van der Waals surface area (Å²) in [5.74, 6) is 0.297. The number of hydrogen-bond acceptors (Lipinski definition) is 3. The van der Waals surface area contributed by atoms with Crippen molar-refractivity contribution in [3.63, 3.8) is 0 Å². The number of amides is 1. The average Bonchev–Trinajstić information content (AvgIpc) is 2.43. The number of carbonyl (C=O) groups is 1. The van der Waals surface area contributed by atoms with Gasteiger partial charge >= 0.3 is 0 Å². The van der Waals surface area contributed by atoms with Gasteiger partial charge in [0.2, 0.25) is 5.91 Å². The number of ether oxygens (including phenoxy) is 1. The Kier molecular flexibility index (Phi) is 6.80. The fourth-order valence-corrected chi connectivity index (χ4v) is 2.95. The zero-order valence-electron chi connectivity index (χ0n) is 13.0. The minimum Gasteiger partial charge on any atom is -0.383 e. The Morgan fingerprint density at radius 3 is 2.58 bits per heavy atom. The number of nitrogens with zero attached hydrogens (tertiary/aromatic N) is 1. The van der Waals surface area contributed by atoms with Gasteiger partial charge < -0.3 is 15.0 Å². The van der Waals surface area contributed by atoms with Crippen LogP contribution >= 0.6 is 0 Å². The number of carbonyl (C=O) groups excluding carboxylic acids is 1. The van der Waals surface area contributed by atoms with Crippen LogP contribution in [0.15, 0.2) is 0 Å². The van der Waals surface area contributed by atoms with Crippen molar-refractivity contribution in [3.8, 4) is 0 Å². The molecule has 1 saturated heterocycles. The predicted molar refractivity (Wildman–Crippen MR) is 78.2 cm³/mol. The van der Waals surface area contributed by atoms with Gasteiger partial charge in [0.1, 0.15) is 0 Å². The molecule has 0 aliphatic carbocycles. The van der Waals surface area contributed by atoms with Crippen LogP contribution in [0.3, 0.4) is 0 Å². The van der Waals surface area contributed by atoms with Gasteiger partial charge in [-0.1, -0.05) is 13.8 Å². The molecule has 0 aromatic heterocycles. The lowest BCUT2D eigenvalue weighted by molar-refractivity contribution is -0.145. The Hall–Kier alpha value is -0.610. The Bertz CT molecular complexity index is 271. The van der Waals surface area contributed by atoms with E-state index in [2.05, 4.69) is 31.0 Å². The molecule has 112 valence electrons. The van der Waals surface area contributed by atoms with Crippen molar-refractivity contribution in [2.75, 3.05) is 33.4 Å². The minimum atomic E-state index is -0.241. The number of hydrogen-bond donors (Lipinski definition) is 1. The second-order valence-corrected chi connectivity index (χ2v) is 5.80. The lowest BCUT2D eigenvalue weighted by atomic mass is 9.81. The van der Waals surface area contributed by atoms with Crippen molar-refractivity contribution in [2.45, 2.75) is 52.5 Å². The molecule has 0 radical (unpaired) electrons. The van der Waals surface area contributed by atoms with Gasteiger partial charge in [0, 0.05) is 26.2 Å². The fourth-order valence-electron chi connectivity index (χ4n) is 2.95. The van der Waals surface area contributed by atoms with E-state index in [1.165, 1.54) is 0 Å². The fraction of sp³-hybridized carbons (Fsp3) is 0.933. The van der Waals surface area contributed by atoms with Crippen molar-refractivity contribution in [1.29, 1.82) is 0 Å². The topological polar surface area (TPSA) is 41.6 Å². The molecule has 1 heterocycles. The van der Waals surface area contributed by atoms with Crippen molar-refractivity contribution in [3.05, 3.63) is 0 Å². The predicted octanol–water partition coefficient (Wildman–Crippen LogP) is 2.04. The van der Waals surface area contributed by atoms with Crippen molar-refractivity contribution >= 4 is 5.91 Å². The largest absolute Gasteiger partial charge is 0.383 e. The van der Waals surface area contributed by atoms with E-state index in [1.807, 2.05) is 0 Å². The molecule has 1 N–H and O–H groups in total. The highest BCUT2D eigenvalue weighted by atomic mass is 16.5. The number of rotatable bonds is 7. The van der Waals surface area contributed by atoms with Crippen LogP contribution < -0.4 is 5.32 Å². The van der Waals surface area contributed by atoms with Gasteiger partial charge in [0.05, 0.1) is 12.0 Å². The monoisotopic (exact) mass is 270 g/mol. The third-order valence-electron chi connectivity index (χ3n) is 4.29. The third-order valence-corrected chi connectivity index (χ3v) is 4.29. The summed E-state index contributed by atoms with van der Waals surface area (Å²) in [6, 6.07) is 0.335. The smallest absolute Gasteiger partial charge is 0.230 e. The van der Waals surface area contributed by atoms with Gasteiger partial charge in [-0.2, -0.15) is 0 Å². The maximum absolute atomic E-state index is 12.9. The molecule has 1 fully saturated rings. The first-order chi connectivity index (χ1) is 9.09. The maximum Gasteiger partial charge on any atom is 0.230 e. The Balaban J connectivity index is 2.79. The van der Waals surface area contributed by atoms with Gasteiger partial charge in [-0.05, 0) is 39.2 Å².